The maximum atomic E-state index is 6.39. The third kappa shape index (κ3) is 6.61. The number of benzene rings is 10. The van der Waals surface area contributed by atoms with Gasteiger partial charge in [-0.15, -0.1) is 0 Å². The van der Waals surface area contributed by atoms with Crippen molar-refractivity contribution in [2.45, 2.75) is 6.92 Å². The Kier molecular flexibility index (Phi) is 9.13. The van der Waals surface area contributed by atoms with E-state index in [1.807, 2.05) is 31.2 Å². The lowest BCUT2D eigenvalue weighted by atomic mass is 9.93. The number of hydrogen-bond donors (Lipinski definition) is 0. The molecule has 0 spiro atoms. The fraction of sp³-hybridized carbons (Fsp3) is 0.0167. The number of nitrogens with zero attached hydrogens (tertiary/aromatic N) is 4. The molecule has 0 radical (unpaired) electrons. The first-order valence-corrected chi connectivity index (χ1v) is 21.9. The van der Waals surface area contributed by atoms with Crippen LogP contribution in [0.4, 0.5) is 0 Å². The highest BCUT2D eigenvalue weighted by Gasteiger charge is 2.17. The van der Waals surface area contributed by atoms with Crippen molar-refractivity contribution in [2.24, 2.45) is 9.98 Å². The van der Waals surface area contributed by atoms with Gasteiger partial charge in [0.1, 0.15) is 17.0 Å². The highest BCUT2D eigenvalue weighted by atomic mass is 16.3. The lowest BCUT2D eigenvalue weighted by molar-refractivity contribution is 0.670. The largest absolute Gasteiger partial charge is 0.455 e. The third-order valence-electron chi connectivity index (χ3n) is 12.6. The van der Waals surface area contributed by atoms with Crippen molar-refractivity contribution in [3.8, 4) is 28.2 Å². The predicted octanol–water partition coefficient (Wildman–Crippen LogP) is 15.6. The molecule has 2 heterocycles. The molecule has 0 fully saturated rings. The minimum Gasteiger partial charge on any atom is -0.455 e. The lowest BCUT2D eigenvalue weighted by Gasteiger charge is -2.13. The van der Waals surface area contributed by atoms with Gasteiger partial charge in [0.05, 0.1) is 16.7 Å². The number of imidazole rings is 1. The topological polar surface area (TPSA) is 55.7 Å². The molecule has 5 heteroatoms. The Morgan fingerprint density at radius 2 is 1.09 bits per heavy atom. The number of fused-ring (bicyclic) bond motifs is 10. The summed E-state index contributed by atoms with van der Waals surface area (Å²) in [7, 11) is 0. The van der Waals surface area contributed by atoms with Crippen LogP contribution in [0.5, 0.6) is 0 Å². The molecule has 306 valence electrons. The third-order valence-corrected chi connectivity index (χ3v) is 12.6. The van der Waals surface area contributed by atoms with Crippen LogP contribution in [-0.2, 0) is 0 Å². The van der Waals surface area contributed by atoms with Crippen LogP contribution >= 0.6 is 0 Å². The molecule has 0 bridgehead atoms. The van der Waals surface area contributed by atoms with Crippen molar-refractivity contribution < 1.29 is 4.42 Å². The highest BCUT2D eigenvalue weighted by molar-refractivity contribution is 6.26. The average molecular weight is 833 g/mol. The molecule has 0 amide bonds. The Hall–Kier alpha value is -8.67. The van der Waals surface area contributed by atoms with E-state index in [-0.39, 0.29) is 0 Å². The molecule has 0 unspecified atom stereocenters. The summed E-state index contributed by atoms with van der Waals surface area (Å²) in [5.74, 6) is 1.42. The summed E-state index contributed by atoms with van der Waals surface area (Å²) >= 11 is 0. The highest BCUT2D eigenvalue weighted by Crippen LogP contribution is 2.38. The van der Waals surface area contributed by atoms with E-state index in [0.29, 0.717) is 11.5 Å². The Bertz CT molecular complexity index is 3870. The van der Waals surface area contributed by atoms with E-state index in [9.17, 15) is 0 Å². The van der Waals surface area contributed by atoms with Gasteiger partial charge < -0.3 is 4.42 Å². The molecule has 0 atom stereocenters. The Balaban J connectivity index is 0.978. The molecule has 12 rings (SSSR count). The van der Waals surface area contributed by atoms with Crippen molar-refractivity contribution in [1.82, 2.24) is 9.55 Å². The zero-order valence-electron chi connectivity index (χ0n) is 35.6. The number of rotatable bonds is 7. The second-order valence-electron chi connectivity index (χ2n) is 16.5. The van der Waals surface area contributed by atoms with Gasteiger partial charge in [-0.05, 0) is 92.8 Å². The Morgan fingerprint density at radius 3 is 1.86 bits per heavy atom. The second-order valence-corrected chi connectivity index (χ2v) is 16.5. The van der Waals surface area contributed by atoms with E-state index in [1.54, 1.807) is 0 Å². The Labute approximate surface area is 375 Å². The summed E-state index contributed by atoms with van der Waals surface area (Å²) in [4.78, 5) is 15.8. The first kappa shape index (κ1) is 38.0. The Morgan fingerprint density at radius 1 is 0.477 bits per heavy atom. The van der Waals surface area contributed by atoms with Crippen LogP contribution in [0.2, 0.25) is 0 Å². The van der Waals surface area contributed by atoms with Crippen LogP contribution in [0, 0.1) is 0 Å². The summed E-state index contributed by atoms with van der Waals surface area (Å²) in [6, 6.07) is 73.9. The van der Waals surface area contributed by atoms with Crippen LogP contribution in [0.15, 0.2) is 233 Å². The van der Waals surface area contributed by atoms with Crippen LogP contribution in [0.3, 0.4) is 0 Å². The number of amidine groups is 1. The van der Waals surface area contributed by atoms with Crippen molar-refractivity contribution in [1.29, 1.82) is 0 Å². The van der Waals surface area contributed by atoms with Gasteiger partial charge in [-0.1, -0.05) is 176 Å². The van der Waals surface area contributed by atoms with E-state index in [4.69, 9.17) is 19.4 Å². The van der Waals surface area contributed by atoms with Crippen LogP contribution in [0.1, 0.15) is 23.6 Å². The molecule has 2 aromatic heterocycles. The number of para-hydroxylation sites is 5. The lowest BCUT2D eigenvalue weighted by Crippen LogP contribution is -2.05. The standard InChI is InChI=1S/C60H40N4O/c1-38(40-30-32-41(33-31-40)46-25-15-26-53-52-24-10-13-29-57(52)65-58(46)53)61-59(43-34-35-51-49-22-7-6-20-47(49)48-21-8-9-23-50(48)54(51)37-43)62-39(2)42-16-14-17-44(36-42)60-63-55-27-11-12-28-56(55)64(60)45-18-4-3-5-19-45/h3-37H,2H2,1H3. The summed E-state index contributed by atoms with van der Waals surface area (Å²) < 4.78 is 8.60. The van der Waals surface area contributed by atoms with Gasteiger partial charge in [0, 0.05) is 44.4 Å². The second kappa shape index (κ2) is 15.6. The maximum absolute atomic E-state index is 6.39. The predicted molar refractivity (Wildman–Crippen MR) is 272 cm³/mol. The number of aromatic nitrogens is 2. The minimum atomic E-state index is 0.574. The van der Waals surface area contributed by atoms with Crippen molar-refractivity contribution in [3.63, 3.8) is 0 Å². The first-order chi connectivity index (χ1) is 32.1. The molecule has 0 aliphatic carbocycles. The summed E-state index contributed by atoms with van der Waals surface area (Å²) in [5.41, 5.74) is 12.1. The molecule has 0 saturated heterocycles. The van der Waals surface area contributed by atoms with Gasteiger partial charge in [0.25, 0.3) is 0 Å². The quantitative estimate of drug-likeness (QED) is 0.0912. The zero-order chi connectivity index (χ0) is 43.4. The van der Waals surface area contributed by atoms with Gasteiger partial charge in [0.2, 0.25) is 0 Å². The summed E-state index contributed by atoms with van der Waals surface area (Å²) in [6.07, 6.45) is 0. The van der Waals surface area contributed by atoms with Crippen molar-refractivity contribution in [2.75, 3.05) is 0 Å². The molecular weight excluding hydrogens is 793 g/mol. The monoisotopic (exact) mass is 832 g/mol. The number of hydrogen-bond acceptors (Lipinski definition) is 3. The van der Waals surface area contributed by atoms with Crippen molar-refractivity contribution in [3.05, 3.63) is 236 Å². The van der Waals surface area contributed by atoms with E-state index >= 15 is 0 Å². The van der Waals surface area contributed by atoms with Crippen LogP contribution in [0.25, 0.3) is 99.2 Å². The van der Waals surface area contributed by atoms with Crippen molar-refractivity contribution >= 4 is 82.5 Å². The van der Waals surface area contributed by atoms with Gasteiger partial charge in [0.15, 0.2) is 5.84 Å². The fourth-order valence-corrected chi connectivity index (χ4v) is 9.38. The van der Waals surface area contributed by atoms with E-state index in [0.717, 1.165) is 89.0 Å². The van der Waals surface area contributed by atoms with E-state index in [1.165, 1.54) is 26.9 Å². The van der Waals surface area contributed by atoms with Crippen LogP contribution in [-0.4, -0.2) is 21.1 Å². The normalized spacial score (nSPS) is 12.3. The molecule has 0 saturated carbocycles. The number of furan rings is 1. The molecule has 0 aliphatic rings. The maximum Gasteiger partial charge on any atom is 0.160 e. The van der Waals surface area contributed by atoms with Gasteiger partial charge in [-0.3, -0.25) is 4.57 Å². The molecule has 0 aliphatic heterocycles. The molecule has 12 aromatic rings. The van der Waals surface area contributed by atoms with Crippen LogP contribution < -0.4 is 0 Å². The minimum absolute atomic E-state index is 0.574. The summed E-state index contributed by atoms with van der Waals surface area (Å²) in [5, 5.41) is 9.41. The fourth-order valence-electron chi connectivity index (χ4n) is 9.38. The first-order valence-electron chi connectivity index (χ1n) is 21.9. The molecular formula is C60H40N4O. The summed E-state index contributed by atoms with van der Waals surface area (Å²) in [6.45, 7) is 6.62. The smallest absolute Gasteiger partial charge is 0.160 e. The zero-order valence-corrected chi connectivity index (χ0v) is 35.6. The number of aliphatic imine (C=N–C) groups is 2. The van der Waals surface area contributed by atoms with Gasteiger partial charge in [-0.2, -0.15) is 0 Å². The van der Waals surface area contributed by atoms with E-state index in [2.05, 4.69) is 199 Å². The van der Waals surface area contributed by atoms with Gasteiger partial charge in [-0.25, -0.2) is 15.0 Å². The molecule has 5 nitrogen and oxygen atoms in total. The molecule has 0 N–H and O–H groups in total. The average Bonchev–Trinajstić information content (AvgIpc) is 3.96. The molecule has 65 heavy (non-hydrogen) atoms. The van der Waals surface area contributed by atoms with Gasteiger partial charge >= 0.3 is 0 Å². The SMILES string of the molecule is C=C(N=C(N=C(C)c1ccc(-c2cccc3c2oc2ccccc23)cc1)c1ccc2c3ccccc3c3ccccc3c2c1)c1cccc(-c2nc3ccccc3n2-c2ccccc2)c1. The molecule has 10 aromatic carbocycles. The van der Waals surface area contributed by atoms with E-state index < -0.39 is 0 Å².